The van der Waals surface area contributed by atoms with Gasteiger partial charge in [0.2, 0.25) is 0 Å². The molecule has 12 heavy (non-hydrogen) atoms. The maximum absolute atomic E-state index is 3.37. The van der Waals surface area contributed by atoms with E-state index in [4.69, 9.17) is 0 Å². The summed E-state index contributed by atoms with van der Waals surface area (Å²) in [4.78, 5) is 0. The highest BCUT2D eigenvalue weighted by molar-refractivity contribution is 4.75. The van der Waals surface area contributed by atoms with Crippen molar-refractivity contribution in [3.63, 3.8) is 0 Å². The summed E-state index contributed by atoms with van der Waals surface area (Å²) in [6.07, 6.45) is 5.18. The van der Waals surface area contributed by atoms with Crippen LogP contribution in [-0.2, 0) is 0 Å². The molecule has 0 saturated heterocycles. The lowest BCUT2D eigenvalue weighted by atomic mass is 9.81. The van der Waals surface area contributed by atoms with Gasteiger partial charge in [0.25, 0.3) is 0 Å². The van der Waals surface area contributed by atoms with Gasteiger partial charge in [-0.3, -0.25) is 0 Å². The van der Waals surface area contributed by atoms with Crippen LogP contribution in [0.5, 0.6) is 0 Å². The van der Waals surface area contributed by atoms with Gasteiger partial charge in [0.1, 0.15) is 0 Å². The largest absolute Gasteiger partial charge is 0.317 e. The maximum Gasteiger partial charge on any atom is 0.00665 e. The van der Waals surface area contributed by atoms with Crippen LogP contribution in [0.2, 0.25) is 0 Å². The van der Waals surface area contributed by atoms with Gasteiger partial charge in [-0.25, -0.2) is 0 Å². The quantitative estimate of drug-likeness (QED) is 0.647. The third kappa shape index (κ3) is 4.76. The van der Waals surface area contributed by atoms with E-state index >= 15 is 0 Å². The first kappa shape index (κ1) is 12.0. The lowest BCUT2D eigenvalue weighted by Crippen LogP contribution is -2.30. The molecule has 1 atom stereocenters. The van der Waals surface area contributed by atoms with E-state index in [2.05, 4.69) is 40.1 Å². The topological polar surface area (TPSA) is 12.0 Å². The number of hydrogen-bond donors (Lipinski definition) is 1. The molecule has 0 saturated carbocycles. The molecule has 0 spiro atoms. The van der Waals surface area contributed by atoms with Crippen LogP contribution in [0.3, 0.4) is 0 Å². The number of hydrogen-bond acceptors (Lipinski definition) is 1. The Labute approximate surface area is 77.9 Å². The van der Waals surface area contributed by atoms with Gasteiger partial charge in [0.05, 0.1) is 0 Å². The van der Waals surface area contributed by atoms with Crippen molar-refractivity contribution in [2.24, 2.45) is 5.41 Å². The summed E-state index contributed by atoms with van der Waals surface area (Å²) in [5.74, 6) is 0. The Morgan fingerprint density at radius 3 is 2.17 bits per heavy atom. The normalized spacial score (nSPS) is 14.8. The first-order valence-electron chi connectivity index (χ1n) is 5.23. The van der Waals surface area contributed by atoms with Crippen LogP contribution in [0.1, 0.15) is 53.4 Å². The molecular formula is C11H25N. The molecule has 0 aromatic rings. The Bertz CT molecular complexity index is 104. The molecule has 0 rings (SSSR count). The van der Waals surface area contributed by atoms with Gasteiger partial charge in [0, 0.05) is 6.04 Å². The molecule has 0 bridgehead atoms. The minimum absolute atomic E-state index is 0.512. The second-order valence-corrected chi connectivity index (χ2v) is 4.51. The predicted molar refractivity (Wildman–Crippen MR) is 56.4 cm³/mol. The summed E-state index contributed by atoms with van der Waals surface area (Å²) < 4.78 is 0. The average Bonchev–Trinajstić information content (AvgIpc) is 2.00. The second-order valence-electron chi connectivity index (χ2n) is 4.51. The molecule has 0 fully saturated rings. The van der Waals surface area contributed by atoms with Crippen molar-refractivity contribution in [1.82, 2.24) is 5.32 Å². The Morgan fingerprint density at radius 2 is 1.83 bits per heavy atom. The molecule has 0 radical (unpaired) electrons. The maximum atomic E-state index is 3.37. The standard InChI is InChI=1S/C11H25N/c1-6-8-11(3,4)9-10(7-2)12-5/h10,12H,6-9H2,1-5H3. The van der Waals surface area contributed by atoms with Gasteiger partial charge in [-0.05, 0) is 31.7 Å². The van der Waals surface area contributed by atoms with Crippen molar-refractivity contribution in [2.75, 3.05) is 7.05 Å². The zero-order chi connectivity index (χ0) is 9.61. The third-order valence-corrected chi connectivity index (χ3v) is 2.63. The smallest absolute Gasteiger partial charge is 0.00665 e. The van der Waals surface area contributed by atoms with Crippen molar-refractivity contribution < 1.29 is 0 Å². The SMILES string of the molecule is CCCC(C)(C)CC(CC)NC. The molecule has 1 N–H and O–H groups in total. The second kappa shape index (κ2) is 5.58. The van der Waals surface area contributed by atoms with Crippen LogP contribution in [0.25, 0.3) is 0 Å². The summed E-state index contributed by atoms with van der Waals surface area (Å²) in [6, 6.07) is 0.701. The van der Waals surface area contributed by atoms with Gasteiger partial charge >= 0.3 is 0 Å². The lowest BCUT2D eigenvalue weighted by molar-refractivity contribution is 0.260. The fourth-order valence-electron chi connectivity index (χ4n) is 1.90. The molecule has 0 aromatic carbocycles. The zero-order valence-corrected chi connectivity index (χ0v) is 9.41. The first-order chi connectivity index (χ1) is 5.55. The van der Waals surface area contributed by atoms with Gasteiger partial charge < -0.3 is 5.32 Å². The summed E-state index contributed by atoms with van der Waals surface area (Å²) >= 11 is 0. The third-order valence-electron chi connectivity index (χ3n) is 2.63. The summed E-state index contributed by atoms with van der Waals surface area (Å²) in [6.45, 7) is 9.26. The van der Waals surface area contributed by atoms with Crippen molar-refractivity contribution in [3.05, 3.63) is 0 Å². The molecule has 1 unspecified atom stereocenters. The molecule has 0 aliphatic heterocycles. The molecular weight excluding hydrogens is 146 g/mol. The Morgan fingerprint density at radius 1 is 1.25 bits per heavy atom. The molecule has 0 aliphatic rings. The van der Waals surface area contributed by atoms with E-state index in [1.165, 1.54) is 25.7 Å². The average molecular weight is 171 g/mol. The molecule has 0 amide bonds. The molecule has 0 aromatic heterocycles. The van der Waals surface area contributed by atoms with E-state index in [9.17, 15) is 0 Å². The highest BCUT2D eigenvalue weighted by atomic mass is 14.9. The van der Waals surface area contributed by atoms with Crippen molar-refractivity contribution >= 4 is 0 Å². The number of nitrogens with one attached hydrogen (secondary N) is 1. The monoisotopic (exact) mass is 171 g/mol. The van der Waals surface area contributed by atoms with Crippen LogP contribution in [-0.4, -0.2) is 13.1 Å². The fourth-order valence-corrected chi connectivity index (χ4v) is 1.90. The Kier molecular flexibility index (Phi) is 5.56. The lowest BCUT2D eigenvalue weighted by Gasteiger charge is -2.28. The Balaban J connectivity index is 3.84. The van der Waals surface area contributed by atoms with E-state index in [-0.39, 0.29) is 0 Å². The minimum Gasteiger partial charge on any atom is -0.317 e. The van der Waals surface area contributed by atoms with Crippen LogP contribution in [0.4, 0.5) is 0 Å². The van der Waals surface area contributed by atoms with E-state index in [0.717, 1.165) is 0 Å². The van der Waals surface area contributed by atoms with E-state index in [1.54, 1.807) is 0 Å². The summed E-state index contributed by atoms with van der Waals surface area (Å²) in [7, 11) is 2.07. The predicted octanol–water partition coefficient (Wildman–Crippen LogP) is 3.20. The molecule has 0 aliphatic carbocycles. The summed E-state index contributed by atoms with van der Waals surface area (Å²) in [5, 5.41) is 3.37. The van der Waals surface area contributed by atoms with Gasteiger partial charge in [-0.1, -0.05) is 34.1 Å². The zero-order valence-electron chi connectivity index (χ0n) is 9.41. The van der Waals surface area contributed by atoms with Crippen molar-refractivity contribution in [3.8, 4) is 0 Å². The summed E-state index contributed by atoms with van der Waals surface area (Å²) in [5.41, 5.74) is 0.512. The molecule has 74 valence electrons. The van der Waals surface area contributed by atoms with Crippen LogP contribution in [0.15, 0.2) is 0 Å². The van der Waals surface area contributed by atoms with Crippen LogP contribution in [0, 0.1) is 5.41 Å². The fraction of sp³-hybridized carbons (Fsp3) is 1.00. The Hall–Kier alpha value is -0.0400. The van der Waals surface area contributed by atoms with Gasteiger partial charge in [0.15, 0.2) is 0 Å². The van der Waals surface area contributed by atoms with E-state index < -0.39 is 0 Å². The van der Waals surface area contributed by atoms with Gasteiger partial charge in [-0.15, -0.1) is 0 Å². The van der Waals surface area contributed by atoms with E-state index in [0.29, 0.717) is 11.5 Å². The first-order valence-corrected chi connectivity index (χ1v) is 5.23. The number of rotatable bonds is 6. The highest BCUT2D eigenvalue weighted by Crippen LogP contribution is 2.28. The van der Waals surface area contributed by atoms with Gasteiger partial charge in [-0.2, -0.15) is 0 Å². The minimum atomic E-state index is 0.512. The van der Waals surface area contributed by atoms with Crippen molar-refractivity contribution in [2.45, 2.75) is 59.4 Å². The van der Waals surface area contributed by atoms with Crippen LogP contribution >= 0.6 is 0 Å². The molecule has 0 heterocycles. The molecule has 1 heteroatoms. The van der Waals surface area contributed by atoms with Crippen molar-refractivity contribution in [1.29, 1.82) is 0 Å². The highest BCUT2D eigenvalue weighted by Gasteiger charge is 2.20. The molecule has 1 nitrogen and oxygen atoms in total. The van der Waals surface area contributed by atoms with E-state index in [1.807, 2.05) is 0 Å². The van der Waals surface area contributed by atoms with Crippen LogP contribution < -0.4 is 5.32 Å².